The number of nitrogens with two attached hydrogens (primary N) is 2. The van der Waals surface area contributed by atoms with Crippen LogP contribution in [0.2, 0.25) is 0 Å². The predicted molar refractivity (Wildman–Crippen MR) is 103 cm³/mol. The highest BCUT2D eigenvalue weighted by molar-refractivity contribution is 4.93. The number of hydrogen-bond donors (Lipinski definition) is 7. The number of hydrogen-bond acceptors (Lipinski definition) is 11. The summed E-state index contributed by atoms with van der Waals surface area (Å²) < 4.78 is 22.6. The van der Waals surface area contributed by atoms with Crippen LogP contribution in [0.4, 0.5) is 0 Å². The number of aliphatic hydroxyl groups excluding tert-OH is 5. The largest absolute Gasteiger partial charge is 0.394 e. The summed E-state index contributed by atoms with van der Waals surface area (Å²) in [4.78, 5) is 0. The molecular weight excluding hydrogens is 388 g/mol. The molecule has 0 aromatic rings. The molecule has 0 radical (unpaired) electrons. The van der Waals surface area contributed by atoms with Crippen LogP contribution in [0.1, 0.15) is 34.6 Å². The zero-order valence-electron chi connectivity index (χ0n) is 17.7. The topological polar surface area (TPSA) is 190 Å². The Bertz CT molecular complexity index is 478. The van der Waals surface area contributed by atoms with Crippen molar-refractivity contribution in [2.45, 2.75) is 102 Å². The van der Waals surface area contributed by atoms with E-state index in [9.17, 15) is 25.5 Å². The highest BCUT2D eigenvalue weighted by Crippen LogP contribution is 2.26. The minimum Gasteiger partial charge on any atom is -0.394 e. The van der Waals surface area contributed by atoms with Crippen LogP contribution in [0.5, 0.6) is 0 Å². The molecule has 1 rings (SSSR count). The summed E-state index contributed by atoms with van der Waals surface area (Å²) in [6, 6.07) is -0.935. The number of aliphatic hydroxyl groups is 5. The highest BCUT2D eigenvalue weighted by atomic mass is 16.7. The Labute approximate surface area is 171 Å². The quantitative estimate of drug-likeness (QED) is 0.171. The van der Waals surface area contributed by atoms with E-state index in [1.54, 1.807) is 27.7 Å². The van der Waals surface area contributed by atoms with Crippen LogP contribution < -0.4 is 11.5 Å². The van der Waals surface area contributed by atoms with E-state index in [1.165, 1.54) is 6.92 Å². The summed E-state index contributed by atoms with van der Waals surface area (Å²) in [5, 5.41) is 49.5. The van der Waals surface area contributed by atoms with Gasteiger partial charge in [-0.3, -0.25) is 0 Å². The molecule has 1 fully saturated rings. The third kappa shape index (κ3) is 7.33. The van der Waals surface area contributed by atoms with Gasteiger partial charge in [-0.1, -0.05) is 0 Å². The van der Waals surface area contributed by atoms with Gasteiger partial charge in [-0.2, -0.15) is 0 Å². The van der Waals surface area contributed by atoms with Crippen LogP contribution in [0, 0.1) is 0 Å². The van der Waals surface area contributed by atoms with E-state index in [0.29, 0.717) is 0 Å². The fourth-order valence-electron chi connectivity index (χ4n) is 3.01. The molecule has 1 saturated heterocycles. The third-order valence-electron chi connectivity index (χ3n) is 4.81. The molecule has 11 nitrogen and oxygen atoms in total. The van der Waals surface area contributed by atoms with Crippen LogP contribution in [0.3, 0.4) is 0 Å². The first-order valence-corrected chi connectivity index (χ1v) is 9.76. The Balaban J connectivity index is 2.85. The summed E-state index contributed by atoms with van der Waals surface area (Å²) in [6.07, 6.45) is -9.32. The van der Waals surface area contributed by atoms with E-state index in [0.717, 1.165) is 0 Å². The van der Waals surface area contributed by atoms with Gasteiger partial charge >= 0.3 is 0 Å². The first-order chi connectivity index (χ1) is 13.3. The highest BCUT2D eigenvalue weighted by Gasteiger charge is 2.45. The molecule has 9 atom stereocenters. The molecule has 0 amide bonds. The monoisotopic (exact) mass is 426 g/mol. The molecule has 174 valence electrons. The Morgan fingerprint density at radius 2 is 1.69 bits per heavy atom. The summed E-state index contributed by atoms with van der Waals surface area (Å²) in [5.41, 5.74) is 10.3. The second-order valence-electron chi connectivity index (χ2n) is 8.21. The SMILES string of the molecule is CC(C)OC1OC(COC(C)(C)C(OC(CO)C(C)O)C(N)O)C(O)C(O)C1N. The van der Waals surface area contributed by atoms with E-state index < -0.39 is 67.4 Å². The first kappa shape index (κ1) is 26.6. The fraction of sp³-hybridized carbons (Fsp3) is 1.00. The standard InChI is InChI=1S/C18H38N2O9/c1-8(2)27-17-12(19)14(24)13(23)11(29-17)7-26-18(4,5)15(16(20)25)28-10(6-21)9(3)22/h8-17,21-25H,6-7,19-20H2,1-5H3. The lowest BCUT2D eigenvalue weighted by Gasteiger charge is -2.43. The van der Waals surface area contributed by atoms with Gasteiger partial charge in [0.15, 0.2) is 6.29 Å². The molecule has 1 aliphatic heterocycles. The minimum atomic E-state index is -1.48. The zero-order valence-corrected chi connectivity index (χ0v) is 17.7. The van der Waals surface area contributed by atoms with Crippen molar-refractivity contribution >= 4 is 0 Å². The zero-order chi connectivity index (χ0) is 22.5. The fourth-order valence-corrected chi connectivity index (χ4v) is 3.01. The number of ether oxygens (including phenoxy) is 4. The molecule has 0 saturated carbocycles. The van der Waals surface area contributed by atoms with Gasteiger partial charge in [-0.05, 0) is 34.6 Å². The maximum absolute atomic E-state index is 10.3. The van der Waals surface area contributed by atoms with Gasteiger partial charge in [0, 0.05) is 0 Å². The summed E-state index contributed by atoms with van der Waals surface area (Å²) in [5.74, 6) is 0. The molecule has 9 unspecified atom stereocenters. The van der Waals surface area contributed by atoms with Gasteiger partial charge in [0.25, 0.3) is 0 Å². The van der Waals surface area contributed by atoms with Crippen LogP contribution in [-0.4, -0.2) is 106 Å². The van der Waals surface area contributed by atoms with Crippen molar-refractivity contribution in [2.75, 3.05) is 13.2 Å². The summed E-state index contributed by atoms with van der Waals surface area (Å²) >= 11 is 0. The smallest absolute Gasteiger partial charge is 0.176 e. The molecule has 1 heterocycles. The van der Waals surface area contributed by atoms with Crippen LogP contribution >= 0.6 is 0 Å². The molecule has 0 bridgehead atoms. The maximum Gasteiger partial charge on any atom is 0.176 e. The van der Waals surface area contributed by atoms with Gasteiger partial charge < -0.3 is 55.9 Å². The molecule has 0 aromatic heterocycles. The Hall–Kier alpha value is -0.440. The van der Waals surface area contributed by atoms with E-state index in [2.05, 4.69) is 0 Å². The van der Waals surface area contributed by atoms with Gasteiger partial charge in [-0.15, -0.1) is 0 Å². The van der Waals surface area contributed by atoms with Gasteiger partial charge in [0.1, 0.15) is 36.7 Å². The normalized spacial score (nSPS) is 32.8. The van der Waals surface area contributed by atoms with Gasteiger partial charge in [0.2, 0.25) is 0 Å². The van der Waals surface area contributed by atoms with Crippen LogP contribution in [0.15, 0.2) is 0 Å². The van der Waals surface area contributed by atoms with Crippen molar-refractivity contribution in [3.63, 3.8) is 0 Å². The van der Waals surface area contributed by atoms with Gasteiger partial charge in [-0.25, -0.2) is 0 Å². The van der Waals surface area contributed by atoms with Crippen molar-refractivity contribution in [3.05, 3.63) is 0 Å². The van der Waals surface area contributed by atoms with E-state index in [-0.39, 0.29) is 12.7 Å². The van der Waals surface area contributed by atoms with E-state index in [4.69, 9.17) is 30.4 Å². The maximum atomic E-state index is 10.3. The average molecular weight is 427 g/mol. The average Bonchev–Trinajstić information content (AvgIpc) is 2.60. The lowest BCUT2D eigenvalue weighted by atomic mass is 9.96. The molecule has 29 heavy (non-hydrogen) atoms. The lowest BCUT2D eigenvalue weighted by molar-refractivity contribution is -0.287. The van der Waals surface area contributed by atoms with E-state index in [1.807, 2.05) is 0 Å². The Morgan fingerprint density at radius 3 is 2.14 bits per heavy atom. The van der Waals surface area contributed by atoms with Gasteiger partial charge in [0.05, 0.1) is 37.1 Å². The number of rotatable bonds is 11. The molecule has 9 N–H and O–H groups in total. The van der Waals surface area contributed by atoms with Crippen molar-refractivity contribution in [2.24, 2.45) is 11.5 Å². The predicted octanol–water partition coefficient (Wildman–Crippen LogP) is -2.62. The first-order valence-electron chi connectivity index (χ1n) is 9.76. The summed E-state index contributed by atoms with van der Waals surface area (Å²) in [7, 11) is 0. The Kier molecular flexibility index (Phi) is 10.3. The molecular formula is C18H38N2O9. The van der Waals surface area contributed by atoms with Crippen molar-refractivity contribution in [1.29, 1.82) is 0 Å². The Morgan fingerprint density at radius 1 is 1.10 bits per heavy atom. The van der Waals surface area contributed by atoms with Crippen molar-refractivity contribution < 1.29 is 44.5 Å². The molecule has 1 aliphatic rings. The second-order valence-corrected chi connectivity index (χ2v) is 8.21. The minimum absolute atomic E-state index is 0.193. The third-order valence-corrected chi connectivity index (χ3v) is 4.81. The van der Waals surface area contributed by atoms with Crippen LogP contribution in [-0.2, 0) is 18.9 Å². The summed E-state index contributed by atoms with van der Waals surface area (Å²) in [6.45, 7) is 7.49. The molecule has 0 spiro atoms. The molecule has 0 aromatic carbocycles. The lowest BCUT2D eigenvalue weighted by Crippen LogP contribution is -2.63. The van der Waals surface area contributed by atoms with Crippen LogP contribution in [0.25, 0.3) is 0 Å². The van der Waals surface area contributed by atoms with E-state index >= 15 is 0 Å². The van der Waals surface area contributed by atoms with Crippen molar-refractivity contribution in [1.82, 2.24) is 0 Å². The van der Waals surface area contributed by atoms with Crippen molar-refractivity contribution in [3.8, 4) is 0 Å². The molecule has 11 heteroatoms. The molecule has 0 aliphatic carbocycles. The second kappa shape index (κ2) is 11.3.